The summed E-state index contributed by atoms with van der Waals surface area (Å²) in [5.41, 5.74) is 0.0542. The molecule has 0 aromatic carbocycles. The lowest BCUT2D eigenvalue weighted by Crippen LogP contribution is -2.28. The molecule has 3 rings (SSSR count). The van der Waals surface area contributed by atoms with Crippen LogP contribution in [0.2, 0.25) is 0 Å². The Labute approximate surface area is 114 Å². The molecule has 0 radical (unpaired) electrons. The van der Waals surface area contributed by atoms with E-state index in [9.17, 15) is 0 Å². The number of ether oxygens (including phenoxy) is 1. The highest BCUT2D eigenvalue weighted by Gasteiger charge is 2.39. The van der Waals surface area contributed by atoms with Crippen molar-refractivity contribution in [1.29, 1.82) is 0 Å². The lowest BCUT2D eigenvalue weighted by molar-refractivity contribution is 0.0153. The van der Waals surface area contributed by atoms with Crippen LogP contribution in [0.15, 0.2) is 4.52 Å². The van der Waals surface area contributed by atoms with E-state index in [0.717, 1.165) is 57.1 Å². The molecule has 0 spiro atoms. The van der Waals surface area contributed by atoms with E-state index in [1.165, 1.54) is 12.8 Å². The molecule has 2 aliphatic heterocycles. The normalized spacial score (nSPS) is 31.7. The van der Waals surface area contributed by atoms with E-state index >= 15 is 0 Å². The third kappa shape index (κ3) is 2.67. The van der Waals surface area contributed by atoms with Gasteiger partial charge in [0.2, 0.25) is 5.89 Å². The van der Waals surface area contributed by atoms with Crippen LogP contribution in [-0.2, 0) is 16.6 Å². The molecule has 2 fully saturated rings. The molecular formula is C14H23N3O2. The van der Waals surface area contributed by atoms with Gasteiger partial charge in [0.25, 0.3) is 0 Å². The first-order valence-electron chi connectivity index (χ1n) is 7.48. The number of nitrogens with zero attached hydrogens (tertiary/aromatic N) is 2. The molecule has 1 aromatic rings. The van der Waals surface area contributed by atoms with E-state index in [1.807, 2.05) is 0 Å². The topological polar surface area (TPSA) is 60.2 Å². The van der Waals surface area contributed by atoms with Crippen molar-refractivity contribution >= 4 is 0 Å². The van der Waals surface area contributed by atoms with Gasteiger partial charge in [-0.25, -0.2) is 0 Å². The lowest BCUT2D eigenvalue weighted by atomic mass is 9.84. The minimum Gasteiger partial charge on any atom is -0.378 e. The van der Waals surface area contributed by atoms with Crippen molar-refractivity contribution in [2.24, 2.45) is 0 Å². The van der Waals surface area contributed by atoms with E-state index in [0.29, 0.717) is 0 Å². The van der Waals surface area contributed by atoms with Gasteiger partial charge < -0.3 is 14.6 Å². The Bertz CT molecular complexity index is 407. The highest BCUT2D eigenvalue weighted by molar-refractivity contribution is 5.09. The van der Waals surface area contributed by atoms with Gasteiger partial charge in [0, 0.05) is 19.6 Å². The van der Waals surface area contributed by atoms with Crippen LogP contribution >= 0.6 is 0 Å². The first-order valence-corrected chi connectivity index (χ1v) is 7.48. The van der Waals surface area contributed by atoms with Crippen molar-refractivity contribution in [2.75, 3.05) is 19.7 Å². The Morgan fingerprint density at radius 3 is 3.05 bits per heavy atom. The number of hydrogen-bond acceptors (Lipinski definition) is 5. The summed E-state index contributed by atoms with van der Waals surface area (Å²) in [6.45, 7) is 5.06. The molecule has 0 amide bonds. The van der Waals surface area contributed by atoms with Gasteiger partial charge in [-0.3, -0.25) is 0 Å². The van der Waals surface area contributed by atoms with Gasteiger partial charge in [-0.05, 0) is 38.6 Å². The molecular weight excluding hydrogens is 242 g/mol. The van der Waals surface area contributed by atoms with E-state index in [4.69, 9.17) is 9.26 Å². The second-order valence-corrected chi connectivity index (χ2v) is 5.77. The molecule has 19 heavy (non-hydrogen) atoms. The van der Waals surface area contributed by atoms with E-state index in [-0.39, 0.29) is 11.5 Å². The van der Waals surface area contributed by atoms with Gasteiger partial charge in [0.1, 0.15) is 0 Å². The zero-order valence-electron chi connectivity index (χ0n) is 11.7. The Morgan fingerprint density at radius 1 is 1.42 bits per heavy atom. The lowest BCUT2D eigenvalue weighted by Gasteiger charge is -2.21. The van der Waals surface area contributed by atoms with Crippen LogP contribution in [0.5, 0.6) is 0 Å². The van der Waals surface area contributed by atoms with Crippen molar-refractivity contribution in [1.82, 2.24) is 15.5 Å². The zero-order chi connectivity index (χ0) is 13.1. The Kier molecular flexibility index (Phi) is 3.84. The van der Waals surface area contributed by atoms with Gasteiger partial charge in [-0.2, -0.15) is 4.98 Å². The van der Waals surface area contributed by atoms with Crippen LogP contribution in [0.25, 0.3) is 0 Å². The van der Waals surface area contributed by atoms with E-state index in [2.05, 4.69) is 22.4 Å². The first-order chi connectivity index (χ1) is 9.32. The van der Waals surface area contributed by atoms with Crippen molar-refractivity contribution in [2.45, 2.75) is 57.0 Å². The average Bonchev–Trinajstić information content (AvgIpc) is 3.09. The third-order valence-electron chi connectivity index (χ3n) is 4.53. The minimum absolute atomic E-state index is 0.0542. The maximum Gasteiger partial charge on any atom is 0.234 e. The predicted molar refractivity (Wildman–Crippen MR) is 71.0 cm³/mol. The summed E-state index contributed by atoms with van der Waals surface area (Å²) >= 11 is 0. The van der Waals surface area contributed by atoms with Crippen molar-refractivity contribution in [3.8, 4) is 0 Å². The number of hydrogen-bond donors (Lipinski definition) is 1. The summed E-state index contributed by atoms with van der Waals surface area (Å²) in [6, 6.07) is 0. The number of rotatable bonds is 4. The van der Waals surface area contributed by atoms with Crippen LogP contribution < -0.4 is 5.32 Å². The molecule has 0 bridgehead atoms. The molecule has 5 heteroatoms. The maximum atomic E-state index is 5.73. The van der Waals surface area contributed by atoms with Gasteiger partial charge >= 0.3 is 0 Å². The van der Waals surface area contributed by atoms with Crippen molar-refractivity contribution in [3.05, 3.63) is 11.7 Å². The molecule has 106 valence electrons. The Morgan fingerprint density at radius 2 is 2.37 bits per heavy atom. The second kappa shape index (κ2) is 5.59. The van der Waals surface area contributed by atoms with Gasteiger partial charge in [0.05, 0.1) is 11.5 Å². The standard InChI is InChI=1S/C14H23N3O2/c1-2-14(6-7-15-10-14)13-16-12(17-19-13)9-11-5-3-4-8-18-11/h11,15H,2-10H2,1H3. The van der Waals surface area contributed by atoms with Gasteiger partial charge in [0.15, 0.2) is 5.82 Å². The molecule has 0 saturated carbocycles. The fourth-order valence-corrected chi connectivity index (χ4v) is 3.10. The summed E-state index contributed by atoms with van der Waals surface area (Å²) < 4.78 is 11.3. The fourth-order valence-electron chi connectivity index (χ4n) is 3.10. The highest BCUT2D eigenvalue weighted by atomic mass is 16.5. The third-order valence-corrected chi connectivity index (χ3v) is 4.53. The zero-order valence-corrected chi connectivity index (χ0v) is 11.7. The van der Waals surface area contributed by atoms with Gasteiger partial charge in [-0.1, -0.05) is 12.1 Å². The number of aromatic nitrogens is 2. The molecule has 5 nitrogen and oxygen atoms in total. The quantitative estimate of drug-likeness (QED) is 0.900. The van der Waals surface area contributed by atoms with Crippen molar-refractivity contribution in [3.63, 3.8) is 0 Å². The fraction of sp³-hybridized carbons (Fsp3) is 0.857. The SMILES string of the molecule is CCC1(c2nc(CC3CCCCO3)no2)CCNC1. The van der Waals surface area contributed by atoms with Crippen LogP contribution in [0, 0.1) is 0 Å². The smallest absolute Gasteiger partial charge is 0.234 e. The minimum atomic E-state index is 0.0542. The average molecular weight is 265 g/mol. The van der Waals surface area contributed by atoms with Crippen LogP contribution in [0.3, 0.4) is 0 Å². The molecule has 1 N–H and O–H groups in total. The molecule has 2 atom stereocenters. The predicted octanol–water partition coefficient (Wildman–Crippen LogP) is 1.82. The Balaban J connectivity index is 1.68. The van der Waals surface area contributed by atoms with Crippen molar-refractivity contribution < 1.29 is 9.26 Å². The molecule has 2 saturated heterocycles. The largest absolute Gasteiger partial charge is 0.378 e. The molecule has 1 aromatic heterocycles. The molecule has 2 unspecified atom stereocenters. The van der Waals surface area contributed by atoms with Crippen LogP contribution in [-0.4, -0.2) is 35.9 Å². The summed E-state index contributed by atoms with van der Waals surface area (Å²) in [4.78, 5) is 4.63. The Hall–Kier alpha value is -0.940. The summed E-state index contributed by atoms with van der Waals surface area (Å²) in [7, 11) is 0. The second-order valence-electron chi connectivity index (χ2n) is 5.77. The molecule has 0 aliphatic carbocycles. The monoisotopic (exact) mass is 265 g/mol. The highest BCUT2D eigenvalue weighted by Crippen LogP contribution is 2.33. The van der Waals surface area contributed by atoms with Crippen LogP contribution in [0.1, 0.15) is 50.7 Å². The first kappa shape index (κ1) is 13.1. The van der Waals surface area contributed by atoms with E-state index < -0.39 is 0 Å². The summed E-state index contributed by atoms with van der Waals surface area (Å²) in [6.07, 6.45) is 6.74. The molecule has 3 heterocycles. The van der Waals surface area contributed by atoms with Gasteiger partial charge in [-0.15, -0.1) is 0 Å². The number of nitrogens with one attached hydrogen (secondary N) is 1. The maximum absolute atomic E-state index is 5.73. The molecule has 2 aliphatic rings. The summed E-state index contributed by atoms with van der Waals surface area (Å²) in [5.74, 6) is 1.62. The van der Waals surface area contributed by atoms with E-state index in [1.54, 1.807) is 0 Å². The summed E-state index contributed by atoms with van der Waals surface area (Å²) in [5, 5.41) is 7.55. The van der Waals surface area contributed by atoms with Crippen LogP contribution in [0.4, 0.5) is 0 Å².